The number of carbonyl (C=O) groups is 1. The Hall–Kier alpha value is -2.70. The van der Waals surface area contributed by atoms with Crippen molar-refractivity contribution in [2.75, 3.05) is 39.3 Å². The van der Waals surface area contributed by atoms with E-state index in [1.54, 1.807) is 0 Å². The first kappa shape index (κ1) is 18.7. The quantitative estimate of drug-likeness (QED) is 0.757. The van der Waals surface area contributed by atoms with Crippen molar-refractivity contribution in [1.82, 2.24) is 19.4 Å². The van der Waals surface area contributed by atoms with Gasteiger partial charge in [0.05, 0.1) is 23.3 Å². The molecule has 0 saturated carbocycles. The maximum atomic E-state index is 12.9. The van der Waals surface area contributed by atoms with Crippen LogP contribution in [0.1, 0.15) is 21.5 Å². The van der Waals surface area contributed by atoms with Crippen LogP contribution in [0.4, 0.5) is 0 Å². The molecule has 1 fully saturated rings. The van der Waals surface area contributed by atoms with Crippen LogP contribution in [0.2, 0.25) is 0 Å². The number of nitrogens with zero attached hydrogens (tertiary/aromatic N) is 4. The van der Waals surface area contributed by atoms with Crippen molar-refractivity contribution in [3.05, 3.63) is 59.4 Å². The Bertz CT molecular complexity index is 1000. The monoisotopic (exact) mass is 378 g/mol. The molecule has 1 amide bonds. The molecule has 0 aliphatic carbocycles. The van der Waals surface area contributed by atoms with Crippen molar-refractivity contribution < 1.29 is 9.90 Å². The van der Waals surface area contributed by atoms with E-state index >= 15 is 0 Å². The zero-order chi connectivity index (χ0) is 19.7. The largest absolute Gasteiger partial charge is 0.395 e. The minimum Gasteiger partial charge on any atom is -0.395 e. The van der Waals surface area contributed by atoms with Crippen molar-refractivity contribution in [2.45, 2.75) is 13.8 Å². The number of β-amino-alcohol motifs (C(OH)–C–C–N with tert-alkyl or cyclic N) is 1. The molecule has 3 aromatic rings. The van der Waals surface area contributed by atoms with Gasteiger partial charge in [-0.3, -0.25) is 14.3 Å². The number of benzene rings is 2. The lowest BCUT2D eigenvalue weighted by molar-refractivity contribution is 0.0615. The number of rotatable bonds is 4. The number of hydrogen-bond acceptors (Lipinski definition) is 4. The fourth-order valence-corrected chi connectivity index (χ4v) is 3.82. The molecule has 6 nitrogen and oxygen atoms in total. The highest BCUT2D eigenvalue weighted by Gasteiger charge is 2.22. The third kappa shape index (κ3) is 3.53. The smallest absolute Gasteiger partial charge is 0.254 e. The number of piperazine rings is 1. The van der Waals surface area contributed by atoms with Gasteiger partial charge in [-0.25, -0.2) is 4.98 Å². The van der Waals surface area contributed by atoms with Crippen LogP contribution in [0.3, 0.4) is 0 Å². The van der Waals surface area contributed by atoms with Gasteiger partial charge in [-0.2, -0.15) is 0 Å². The van der Waals surface area contributed by atoms with Crippen molar-refractivity contribution in [1.29, 1.82) is 0 Å². The lowest BCUT2D eigenvalue weighted by Gasteiger charge is -2.34. The number of hydrogen-bond donors (Lipinski definition) is 1. The topological polar surface area (TPSA) is 61.6 Å². The number of aryl methyl sites for hydroxylation is 2. The number of fused-ring (bicyclic) bond motifs is 1. The highest BCUT2D eigenvalue weighted by molar-refractivity contribution is 5.97. The van der Waals surface area contributed by atoms with Crippen LogP contribution in [0.25, 0.3) is 16.7 Å². The predicted molar refractivity (Wildman–Crippen MR) is 110 cm³/mol. The zero-order valence-corrected chi connectivity index (χ0v) is 16.4. The lowest BCUT2D eigenvalue weighted by atomic mass is 10.1. The first-order valence-electron chi connectivity index (χ1n) is 9.74. The second-order valence-corrected chi connectivity index (χ2v) is 7.47. The van der Waals surface area contributed by atoms with Gasteiger partial charge in [-0.1, -0.05) is 12.1 Å². The molecule has 0 radical (unpaired) electrons. The fraction of sp³-hybridized carbons (Fsp3) is 0.364. The number of aliphatic hydroxyl groups excluding tert-OH is 1. The Kier molecular flexibility index (Phi) is 5.15. The highest BCUT2D eigenvalue weighted by Crippen LogP contribution is 2.23. The van der Waals surface area contributed by atoms with E-state index < -0.39 is 0 Å². The van der Waals surface area contributed by atoms with Gasteiger partial charge in [0.25, 0.3) is 5.91 Å². The third-order valence-electron chi connectivity index (χ3n) is 5.49. The second kappa shape index (κ2) is 7.73. The molecule has 1 aliphatic heterocycles. The van der Waals surface area contributed by atoms with Crippen LogP contribution in [0.15, 0.2) is 42.7 Å². The Morgan fingerprint density at radius 2 is 1.86 bits per heavy atom. The van der Waals surface area contributed by atoms with E-state index in [4.69, 9.17) is 5.11 Å². The number of aromatic nitrogens is 2. The predicted octanol–water partition coefficient (Wildman–Crippen LogP) is 2.39. The Labute approximate surface area is 165 Å². The summed E-state index contributed by atoms with van der Waals surface area (Å²) in [5.74, 6) is 0.0480. The van der Waals surface area contributed by atoms with E-state index in [-0.39, 0.29) is 12.5 Å². The van der Waals surface area contributed by atoms with Crippen LogP contribution in [-0.4, -0.2) is 69.7 Å². The van der Waals surface area contributed by atoms with Gasteiger partial charge in [-0.15, -0.1) is 0 Å². The molecule has 2 aromatic carbocycles. The molecule has 0 atom stereocenters. The van der Waals surface area contributed by atoms with Crippen LogP contribution in [0.5, 0.6) is 0 Å². The molecule has 2 heterocycles. The summed E-state index contributed by atoms with van der Waals surface area (Å²) in [6.07, 6.45) is 1.83. The third-order valence-corrected chi connectivity index (χ3v) is 5.49. The van der Waals surface area contributed by atoms with E-state index in [0.29, 0.717) is 25.2 Å². The van der Waals surface area contributed by atoms with Crippen LogP contribution in [0, 0.1) is 13.8 Å². The molecule has 1 aromatic heterocycles. The summed E-state index contributed by atoms with van der Waals surface area (Å²) in [4.78, 5) is 21.5. The summed E-state index contributed by atoms with van der Waals surface area (Å²) in [6.45, 7) is 7.98. The van der Waals surface area contributed by atoms with Gasteiger partial charge in [0.1, 0.15) is 6.33 Å². The Morgan fingerprint density at radius 1 is 1.07 bits per heavy atom. The van der Waals surface area contributed by atoms with Gasteiger partial charge in [0, 0.05) is 38.3 Å². The van der Waals surface area contributed by atoms with E-state index in [1.165, 1.54) is 11.1 Å². The van der Waals surface area contributed by atoms with Crippen LogP contribution >= 0.6 is 0 Å². The van der Waals surface area contributed by atoms with Crippen LogP contribution < -0.4 is 0 Å². The molecule has 1 saturated heterocycles. The minimum atomic E-state index is 0.0480. The molecule has 0 spiro atoms. The Balaban J connectivity index is 1.58. The van der Waals surface area contributed by atoms with E-state index in [9.17, 15) is 4.79 Å². The summed E-state index contributed by atoms with van der Waals surface area (Å²) >= 11 is 0. The minimum absolute atomic E-state index is 0.0480. The van der Waals surface area contributed by atoms with E-state index in [2.05, 4.69) is 46.5 Å². The van der Waals surface area contributed by atoms with Gasteiger partial charge in [-0.05, 0) is 49.2 Å². The molecule has 28 heavy (non-hydrogen) atoms. The van der Waals surface area contributed by atoms with E-state index in [0.717, 1.165) is 29.8 Å². The summed E-state index contributed by atoms with van der Waals surface area (Å²) in [6, 6.07) is 12.1. The molecule has 0 unspecified atom stereocenters. The number of imidazole rings is 1. The lowest BCUT2D eigenvalue weighted by Crippen LogP contribution is -2.49. The van der Waals surface area contributed by atoms with Crippen molar-refractivity contribution in [3.63, 3.8) is 0 Å². The van der Waals surface area contributed by atoms with Crippen molar-refractivity contribution in [2.24, 2.45) is 0 Å². The number of aliphatic hydroxyl groups is 1. The van der Waals surface area contributed by atoms with Crippen LogP contribution in [-0.2, 0) is 0 Å². The summed E-state index contributed by atoms with van der Waals surface area (Å²) in [7, 11) is 0. The normalized spacial score (nSPS) is 15.3. The summed E-state index contributed by atoms with van der Waals surface area (Å²) < 4.78 is 2.08. The fourth-order valence-electron chi connectivity index (χ4n) is 3.82. The molecular formula is C22H26N4O2. The zero-order valence-electron chi connectivity index (χ0n) is 16.4. The SMILES string of the molecule is Cc1ccc(C)c(-n2cnc3cc(C(=O)N4CCN(CCO)CC4)ccc32)c1. The van der Waals surface area contributed by atoms with Gasteiger partial charge >= 0.3 is 0 Å². The average Bonchev–Trinajstić information content (AvgIpc) is 3.13. The average molecular weight is 378 g/mol. The molecule has 1 aliphatic rings. The molecule has 0 bridgehead atoms. The van der Waals surface area contributed by atoms with E-state index in [1.807, 2.05) is 29.4 Å². The number of carbonyl (C=O) groups excluding carboxylic acids is 1. The highest BCUT2D eigenvalue weighted by atomic mass is 16.3. The maximum Gasteiger partial charge on any atom is 0.254 e. The standard InChI is InChI=1S/C22H26N4O2/c1-16-3-4-17(2)21(13-16)26-15-23-19-14-18(5-6-20(19)26)22(28)25-9-7-24(8-10-25)11-12-27/h3-6,13-15,27H,7-12H2,1-2H3. The molecular weight excluding hydrogens is 352 g/mol. The molecule has 4 rings (SSSR count). The molecule has 146 valence electrons. The Morgan fingerprint density at radius 3 is 2.61 bits per heavy atom. The second-order valence-electron chi connectivity index (χ2n) is 7.47. The number of amides is 1. The first-order valence-corrected chi connectivity index (χ1v) is 9.74. The van der Waals surface area contributed by atoms with Gasteiger partial charge in [0.2, 0.25) is 0 Å². The van der Waals surface area contributed by atoms with Crippen molar-refractivity contribution >= 4 is 16.9 Å². The van der Waals surface area contributed by atoms with Gasteiger partial charge in [0.15, 0.2) is 0 Å². The summed E-state index contributed by atoms with van der Waals surface area (Å²) in [5.41, 5.74) is 6.00. The van der Waals surface area contributed by atoms with Gasteiger partial charge < -0.3 is 10.0 Å². The molecule has 6 heteroatoms. The molecule has 1 N–H and O–H groups in total. The first-order chi connectivity index (χ1) is 13.6. The maximum absolute atomic E-state index is 12.9. The van der Waals surface area contributed by atoms with Crippen molar-refractivity contribution in [3.8, 4) is 5.69 Å². The summed E-state index contributed by atoms with van der Waals surface area (Å²) in [5, 5.41) is 9.06.